The highest BCUT2D eigenvalue weighted by Crippen LogP contribution is 2.24. The Morgan fingerprint density at radius 2 is 1.88 bits per heavy atom. The average Bonchev–Trinajstić information content (AvgIpc) is 3.20. The van der Waals surface area contributed by atoms with Crippen LogP contribution in [0.25, 0.3) is 16.8 Å². The summed E-state index contributed by atoms with van der Waals surface area (Å²) in [7, 11) is 1.87. The van der Waals surface area contributed by atoms with E-state index >= 15 is 0 Å². The molecule has 124 valence electrons. The van der Waals surface area contributed by atoms with Gasteiger partial charge in [0.1, 0.15) is 5.52 Å². The van der Waals surface area contributed by atoms with Gasteiger partial charge in [0.2, 0.25) is 0 Å². The first-order valence-electron chi connectivity index (χ1n) is 7.67. The molecule has 24 heavy (non-hydrogen) atoms. The normalized spacial score (nSPS) is 15.2. The second-order valence-electron chi connectivity index (χ2n) is 5.79. The van der Waals surface area contributed by atoms with Crippen molar-refractivity contribution in [1.82, 2.24) is 29.3 Å². The lowest BCUT2D eigenvalue weighted by Gasteiger charge is -2.33. The van der Waals surface area contributed by atoms with Crippen LogP contribution in [0.2, 0.25) is 0 Å². The van der Waals surface area contributed by atoms with Crippen molar-refractivity contribution in [3.05, 3.63) is 31.0 Å². The van der Waals surface area contributed by atoms with Crippen LogP contribution >= 0.6 is 0 Å². The molecule has 0 saturated carbocycles. The molecular formula is C15H17N7O2. The number of carbonyl (C=O) groups is 1. The molecule has 0 spiro atoms. The van der Waals surface area contributed by atoms with Crippen LogP contribution in [0.3, 0.4) is 0 Å². The fourth-order valence-corrected chi connectivity index (χ4v) is 2.96. The summed E-state index contributed by atoms with van der Waals surface area (Å²) in [5.41, 5.74) is 3.63. The van der Waals surface area contributed by atoms with Crippen molar-refractivity contribution < 1.29 is 9.90 Å². The zero-order chi connectivity index (χ0) is 16.7. The van der Waals surface area contributed by atoms with Crippen LogP contribution < -0.4 is 4.90 Å². The van der Waals surface area contributed by atoms with Crippen LogP contribution in [0.1, 0.15) is 0 Å². The van der Waals surface area contributed by atoms with Crippen molar-refractivity contribution in [2.75, 3.05) is 31.1 Å². The predicted octanol–water partition coefficient (Wildman–Crippen LogP) is 0.930. The van der Waals surface area contributed by atoms with Crippen LogP contribution in [-0.2, 0) is 7.05 Å². The van der Waals surface area contributed by atoms with Crippen molar-refractivity contribution in [3.63, 3.8) is 0 Å². The number of nitrogens with zero attached hydrogens (tertiary/aromatic N) is 7. The second kappa shape index (κ2) is 5.52. The molecule has 3 aromatic heterocycles. The lowest BCUT2D eigenvalue weighted by Crippen LogP contribution is -2.48. The number of piperazine rings is 1. The molecule has 1 amide bonds. The van der Waals surface area contributed by atoms with Gasteiger partial charge in [0.25, 0.3) is 0 Å². The zero-order valence-corrected chi connectivity index (χ0v) is 13.2. The highest BCUT2D eigenvalue weighted by molar-refractivity contribution is 5.74. The Labute approximate surface area is 137 Å². The van der Waals surface area contributed by atoms with E-state index in [1.165, 1.54) is 4.90 Å². The third-order valence-electron chi connectivity index (χ3n) is 4.28. The SMILES string of the molecule is Cn1cc(-c2cn3ncc(N4CCN(C(=O)O)CC4)c3cn2)cn1. The fourth-order valence-electron chi connectivity index (χ4n) is 2.96. The topological polar surface area (TPSA) is 91.8 Å². The van der Waals surface area contributed by atoms with E-state index in [9.17, 15) is 4.79 Å². The maximum atomic E-state index is 11.0. The first-order valence-corrected chi connectivity index (χ1v) is 7.67. The Hall–Kier alpha value is -3.10. The van der Waals surface area contributed by atoms with Crippen LogP contribution in [0, 0.1) is 0 Å². The predicted molar refractivity (Wildman–Crippen MR) is 87.0 cm³/mol. The number of amides is 1. The van der Waals surface area contributed by atoms with E-state index in [1.54, 1.807) is 27.8 Å². The number of rotatable bonds is 2. The van der Waals surface area contributed by atoms with E-state index in [0.717, 1.165) is 22.5 Å². The molecule has 1 fully saturated rings. The molecule has 0 aromatic carbocycles. The Balaban J connectivity index is 1.61. The van der Waals surface area contributed by atoms with E-state index in [-0.39, 0.29) is 0 Å². The van der Waals surface area contributed by atoms with Crippen LogP contribution in [-0.4, -0.2) is 66.7 Å². The number of fused-ring (bicyclic) bond motifs is 1. The maximum Gasteiger partial charge on any atom is 0.407 e. The average molecular weight is 327 g/mol. The first kappa shape index (κ1) is 14.5. The summed E-state index contributed by atoms with van der Waals surface area (Å²) in [6.45, 7) is 2.29. The quantitative estimate of drug-likeness (QED) is 0.753. The van der Waals surface area contributed by atoms with Gasteiger partial charge >= 0.3 is 6.09 Å². The van der Waals surface area contributed by atoms with E-state index in [1.807, 2.05) is 19.4 Å². The van der Waals surface area contributed by atoms with Gasteiger partial charge in [-0.05, 0) is 0 Å². The lowest BCUT2D eigenvalue weighted by molar-refractivity contribution is 0.142. The van der Waals surface area contributed by atoms with Crippen molar-refractivity contribution in [1.29, 1.82) is 0 Å². The molecule has 4 rings (SSSR count). The molecule has 9 nitrogen and oxygen atoms in total. The van der Waals surface area contributed by atoms with Gasteiger partial charge in [0.05, 0.1) is 36.2 Å². The Morgan fingerprint density at radius 3 is 2.54 bits per heavy atom. The zero-order valence-electron chi connectivity index (χ0n) is 13.2. The molecule has 9 heteroatoms. The Kier molecular flexibility index (Phi) is 3.33. The molecule has 0 bridgehead atoms. The number of carboxylic acid groups (broad SMARTS) is 1. The van der Waals surface area contributed by atoms with Crippen molar-refractivity contribution >= 4 is 17.3 Å². The molecule has 1 aliphatic heterocycles. The van der Waals surface area contributed by atoms with E-state index < -0.39 is 6.09 Å². The summed E-state index contributed by atoms with van der Waals surface area (Å²) < 4.78 is 3.53. The number of aryl methyl sites for hydroxylation is 1. The molecule has 0 aliphatic carbocycles. The van der Waals surface area contributed by atoms with Gasteiger partial charge in [0, 0.05) is 45.0 Å². The molecule has 3 aromatic rings. The molecule has 4 heterocycles. The summed E-state index contributed by atoms with van der Waals surface area (Å²) in [6, 6.07) is 0. The van der Waals surface area contributed by atoms with Gasteiger partial charge in [-0.2, -0.15) is 10.2 Å². The van der Waals surface area contributed by atoms with Crippen molar-refractivity contribution in [2.24, 2.45) is 7.05 Å². The van der Waals surface area contributed by atoms with Crippen LogP contribution in [0.4, 0.5) is 10.5 Å². The highest BCUT2D eigenvalue weighted by atomic mass is 16.4. The fraction of sp³-hybridized carbons (Fsp3) is 0.333. The lowest BCUT2D eigenvalue weighted by atomic mass is 10.2. The van der Waals surface area contributed by atoms with Gasteiger partial charge in [-0.15, -0.1) is 0 Å². The Bertz CT molecular complexity index is 892. The van der Waals surface area contributed by atoms with E-state index in [0.29, 0.717) is 26.2 Å². The third kappa shape index (κ3) is 2.43. The first-order chi connectivity index (χ1) is 11.6. The molecule has 0 atom stereocenters. The van der Waals surface area contributed by atoms with Gasteiger partial charge in [0.15, 0.2) is 0 Å². The molecule has 0 unspecified atom stereocenters. The van der Waals surface area contributed by atoms with Crippen LogP contribution in [0.15, 0.2) is 31.0 Å². The summed E-state index contributed by atoms with van der Waals surface area (Å²) in [6.07, 6.45) is 8.29. The van der Waals surface area contributed by atoms with Gasteiger partial charge < -0.3 is 14.9 Å². The minimum absolute atomic E-state index is 0.494. The minimum Gasteiger partial charge on any atom is -0.465 e. The van der Waals surface area contributed by atoms with Crippen LogP contribution in [0.5, 0.6) is 0 Å². The largest absolute Gasteiger partial charge is 0.465 e. The highest BCUT2D eigenvalue weighted by Gasteiger charge is 2.22. The second-order valence-corrected chi connectivity index (χ2v) is 5.79. The van der Waals surface area contributed by atoms with Gasteiger partial charge in [-0.3, -0.25) is 9.67 Å². The van der Waals surface area contributed by atoms with Crippen molar-refractivity contribution in [2.45, 2.75) is 0 Å². The Morgan fingerprint density at radius 1 is 1.08 bits per heavy atom. The molecule has 1 aliphatic rings. The van der Waals surface area contributed by atoms with Crippen molar-refractivity contribution in [3.8, 4) is 11.3 Å². The summed E-state index contributed by atoms with van der Waals surface area (Å²) in [4.78, 5) is 19.1. The summed E-state index contributed by atoms with van der Waals surface area (Å²) >= 11 is 0. The number of hydrogen-bond acceptors (Lipinski definition) is 5. The molecule has 1 saturated heterocycles. The minimum atomic E-state index is -0.864. The number of anilines is 1. The molecule has 1 N–H and O–H groups in total. The van der Waals surface area contributed by atoms with Gasteiger partial charge in [-0.25, -0.2) is 9.31 Å². The monoisotopic (exact) mass is 327 g/mol. The number of aromatic nitrogens is 5. The smallest absolute Gasteiger partial charge is 0.407 e. The summed E-state index contributed by atoms with van der Waals surface area (Å²) in [5.74, 6) is 0. The number of hydrogen-bond donors (Lipinski definition) is 1. The van der Waals surface area contributed by atoms with E-state index in [4.69, 9.17) is 5.11 Å². The standard InChI is InChI=1S/C15H17N7O2/c1-19-9-11(6-17-19)12-10-22-14(7-16-12)13(8-18-22)20-2-4-21(5-3-20)15(23)24/h6-10H,2-5H2,1H3,(H,23,24). The van der Waals surface area contributed by atoms with E-state index in [2.05, 4.69) is 20.1 Å². The summed E-state index contributed by atoms with van der Waals surface area (Å²) in [5, 5.41) is 17.6. The molecule has 0 radical (unpaired) electrons. The third-order valence-corrected chi connectivity index (χ3v) is 4.28. The maximum absolute atomic E-state index is 11.0. The molecular weight excluding hydrogens is 310 g/mol. The van der Waals surface area contributed by atoms with Gasteiger partial charge in [-0.1, -0.05) is 0 Å².